The molecule has 21 heavy (non-hydrogen) atoms. The van der Waals surface area contributed by atoms with Crippen molar-refractivity contribution >= 4 is 23.0 Å². The number of fused-ring (bicyclic) bond motifs is 1. The summed E-state index contributed by atoms with van der Waals surface area (Å²) < 4.78 is 1.59. The lowest BCUT2D eigenvalue weighted by atomic mass is 10.0. The molecule has 0 fully saturated rings. The highest BCUT2D eigenvalue weighted by atomic mass is 16.4. The Balaban J connectivity index is 2.11. The third kappa shape index (κ3) is 2.04. The van der Waals surface area contributed by atoms with Crippen LogP contribution in [0.2, 0.25) is 0 Å². The zero-order valence-corrected chi connectivity index (χ0v) is 11.0. The van der Waals surface area contributed by atoms with Gasteiger partial charge in [-0.2, -0.15) is 10.4 Å². The van der Waals surface area contributed by atoms with Crippen LogP contribution in [-0.4, -0.2) is 43.8 Å². The van der Waals surface area contributed by atoms with E-state index in [0.29, 0.717) is 42.1 Å². The van der Waals surface area contributed by atoms with Crippen molar-refractivity contribution in [1.29, 1.82) is 5.26 Å². The Labute approximate surface area is 119 Å². The first kappa shape index (κ1) is 12.9. The highest BCUT2D eigenvalue weighted by Crippen LogP contribution is 2.28. The third-order valence-corrected chi connectivity index (χ3v) is 3.51. The van der Waals surface area contributed by atoms with Gasteiger partial charge >= 0.3 is 6.09 Å². The summed E-state index contributed by atoms with van der Waals surface area (Å²) in [6, 6.07) is 3.78. The predicted molar refractivity (Wildman–Crippen MR) is 74.3 cm³/mol. The number of nitriles is 1. The summed E-state index contributed by atoms with van der Waals surface area (Å²) in [5.41, 5.74) is 8.38. The Morgan fingerprint density at radius 2 is 2.33 bits per heavy atom. The average Bonchev–Trinajstić information content (AvgIpc) is 2.87. The van der Waals surface area contributed by atoms with Gasteiger partial charge in [0.2, 0.25) is 0 Å². The predicted octanol–water partition coefficient (Wildman–Crippen LogP) is 0.950. The molecular weight excluding hydrogens is 272 g/mol. The molecule has 0 aromatic carbocycles. The molecule has 1 aliphatic rings. The first-order chi connectivity index (χ1) is 10.1. The molecule has 3 heterocycles. The second kappa shape index (κ2) is 4.79. The van der Waals surface area contributed by atoms with Crippen LogP contribution in [-0.2, 0) is 0 Å². The fourth-order valence-corrected chi connectivity index (χ4v) is 2.46. The van der Waals surface area contributed by atoms with Gasteiger partial charge in [-0.3, -0.25) is 0 Å². The largest absolute Gasteiger partial charge is 0.465 e. The molecule has 0 unspecified atom stereocenters. The smallest absolute Gasteiger partial charge is 0.407 e. The summed E-state index contributed by atoms with van der Waals surface area (Å²) in [6.45, 7) is 0.684. The van der Waals surface area contributed by atoms with E-state index in [1.165, 1.54) is 11.2 Å². The highest BCUT2D eigenvalue weighted by molar-refractivity contribution is 5.79. The first-order valence-electron chi connectivity index (χ1n) is 6.31. The third-order valence-electron chi connectivity index (χ3n) is 3.51. The molecule has 8 heteroatoms. The van der Waals surface area contributed by atoms with Crippen LogP contribution in [0, 0.1) is 11.3 Å². The van der Waals surface area contributed by atoms with Crippen LogP contribution < -0.4 is 5.73 Å². The van der Waals surface area contributed by atoms with Gasteiger partial charge in [0.1, 0.15) is 17.9 Å². The molecule has 0 saturated heterocycles. The van der Waals surface area contributed by atoms with E-state index in [9.17, 15) is 10.1 Å². The second-order valence-corrected chi connectivity index (χ2v) is 4.67. The van der Waals surface area contributed by atoms with Crippen LogP contribution in [0.5, 0.6) is 0 Å². The fraction of sp³-hybridized carbons (Fsp3) is 0.231. The lowest BCUT2D eigenvalue weighted by Gasteiger charge is -2.23. The number of aromatic nitrogens is 3. The maximum atomic E-state index is 10.9. The van der Waals surface area contributed by atoms with Crippen molar-refractivity contribution in [1.82, 2.24) is 19.5 Å². The number of nitrogens with zero attached hydrogens (tertiary/aromatic N) is 5. The van der Waals surface area contributed by atoms with E-state index < -0.39 is 6.09 Å². The normalized spacial score (nSPS) is 14.8. The van der Waals surface area contributed by atoms with Crippen molar-refractivity contribution in [3.63, 3.8) is 0 Å². The van der Waals surface area contributed by atoms with E-state index in [4.69, 9.17) is 10.8 Å². The minimum atomic E-state index is -0.947. The Hall–Kier alpha value is -3.08. The van der Waals surface area contributed by atoms with Gasteiger partial charge < -0.3 is 15.7 Å². The maximum Gasteiger partial charge on any atom is 0.407 e. The summed E-state index contributed by atoms with van der Waals surface area (Å²) in [7, 11) is 0. The van der Waals surface area contributed by atoms with Gasteiger partial charge in [-0.15, -0.1) is 0 Å². The minimum absolute atomic E-state index is 0.295. The zero-order chi connectivity index (χ0) is 15.0. The van der Waals surface area contributed by atoms with Crippen molar-refractivity contribution in [2.45, 2.75) is 6.42 Å². The van der Waals surface area contributed by atoms with E-state index in [0.717, 1.165) is 5.57 Å². The van der Waals surface area contributed by atoms with Crippen LogP contribution in [0.4, 0.5) is 10.6 Å². The standard InChI is InChI=1S/C13H12N6O2/c14-6-9-5-10-12(15)16-7-17-19(10)11(9)8-1-3-18(4-2-8)13(20)21/h1,5,7H,2-4H2,(H,20,21)(H2,15,16,17). The average molecular weight is 284 g/mol. The SMILES string of the molecule is N#Cc1cc2c(N)ncnn2c1C1=CCN(C(=O)O)CC1. The quantitative estimate of drug-likeness (QED) is 0.804. The van der Waals surface area contributed by atoms with Gasteiger partial charge in [0.15, 0.2) is 5.82 Å². The van der Waals surface area contributed by atoms with Crippen molar-refractivity contribution in [2.24, 2.45) is 0 Å². The van der Waals surface area contributed by atoms with E-state index >= 15 is 0 Å². The lowest BCUT2D eigenvalue weighted by molar-refractivity contribution is 0.150. The van der Waals surface area contributed by atoms with Crippen molar-refractivity contribution in [3.05, 3.63) is 29.7 Å². The second-order valence-electron chi connectivity index (χ2n) is 4.67. The van der Waals surface area contributed by atoms with E-state index in [1.54, 1.807) is 16.7 Å². The Kier molecular flexibility index (Phi) is 2.95. The van der Waals surface area contributed by atoms with Crippen molar-refractivity contribution in [2.75, 3.05) is 18.8 Å². The molecule has 0 bridgehead atoms. The van der Waals surface area contributed by atoms with Crippen LogP contribution in [0.15, 0.2) is 18.5 Å². The molecule has 0 atom stereocenters. The van der Waals surface area contributed by atoms with Crippen LogP contribution in [0.25, 0.3) is 11.1 Å². The Morgan fingerprint density at radius 1 is 1.52 bits per heavy atom. The van der Waals surface area contributed by atoms with Gasteiger partial charge in [-0.05, 0) is 18.1 Å². The number of rotatable bonds is 1. The molecular formula is C13H12N6O2. The summed E-state index contributed by atoms with van der Waals surface area (Å²) >= 11 is 0. The van der Waals surface area contributed by atoms with E-state index in [-0.39, 0.29) is 0 Å². The number of hydrogen-bond donors (Lipinski definition) is 2. The summed E-state index contributed by atoms with van der Waals surface area (Å²) in [5, 5.41) is 22.4. The lowest BCUT2D eigenvalue weighted by Crippen LogP contribution is -2.33. The molecule has 0 radical (unpaired) electrons. The summed E-state index contributed by atoms with van der Waals surface area (Å²) in [5.74, 6) is 0.302. The van der Waals surface area contributed by atoms with Crippen LogP contribution in [0.3, 0.4) is 0 Å². The van der Waals surface area contributed by atoms with Gasteiger partial charge in [0.25, 0.3) is 0 Å². The van der Waals surface area contributed by atoms with Crippen LogP contribution in [0.1, 0.15) is 17.7 Å². The van der Waals surface area contributed by atoms with Crippen LogP contribution >= 0.6 is 0 Å². The molecule has 1 amide bonds. The summed E-state index contributed by atoms with van der Waals surface area (Å²) in [4.78, 5) is 16.2. The van der Waals surface area contributed by atoms with Gasteiger partial charge in [-0.1, -0.05) is 6.08 Å². The first-order valence-corrected chi connectivity index (χ1v) is 6.31. The minimum Gasteiger partial charge on any atom is -0.465 e. The van der Waals surface area contributed by atoms with Crippen molar-refractivity contribution < 1.29 is 9.90 Å². The summed E-state index contributed by atoms with van der Waals surface area (Å²) in [6.07, 6.45) is 2.72. The Bertz CT molecular complexity index is 801. The van der Waals surface area contributed by atoms with Gasteiger partial charge in [0.05, 0.1) is 11.3 Å². The molecule has 0 saturated carbocycles. The zero-order valence-electron chi connectivity index (χ0n) is 11.0. The molecule has 3 rings (SSSR count). The molecule has 3 N–H and O–H groups in total. The monoisotopic (exact) mass is 284 g/mol. The van der Waals surface area contributed by atoms with Gasteiger partial charge in [0, 0.05) is 13.1 Å². The molecule has 0 spiro atoms. The van der Waals surface area contributed by atoms with E-state index in [1.807, 2.05) is 0 Å². The number of amides is 1. The van der Waals surface area contributed by atoms with Crippen molar-refractivity contribution in [3.8, 4) is 6.07 Å². The molecule has 1 aliphatic heterocycles. The molecule has 0 aliphatic carbocycles. The molecule has 106 valence electrons. The number of hydrogen-bond acceptors (Lipinski definition) is 5. The molecule has 2 aromatic rings. The van der Waals surface area contributed by atoms with E-state index in [2.05, 4.69) is 16.2 Å². The topological polar surface area (TPSA) is 121 Å². The Morgan fingerprint density at radius 3 is 2.95 bits per heavy atom. The highest BCUT2D eigenvalue weighted by Gasteiger charge is 2.22. The molecule has 2 aromatic heterocycles. The number of carbonyl (C=O) groups is 1. The number of carboxylic acid groups (broad SMARTS) is 1. The molecule has 8 nitrogen and oxygen atoms in total. The number of anilines is 1. The fourth-order valence-electron chi connectivity index (χ4n) is 2.46. The maximum absolute atomic E-state index is 10.9. The number of nitrogens with two attached hydrogens (primary N) is 1. The van der Waals surface area contributed by atoms with Gasteiger partial charge in [-0.25, -0.2) is 14.3 Å². The number of nitrogen functional groups attached to an aromatic ring is 1.